The number of carbonyl (C=O) groups excluding carboxylic acids is 2. The van der Waals surface area contributed by atoms with Gasteiger partial charge >= 0.3 is 5.76 Å². The van der Waals surface area contributed by atoms with Gasteiger partial charge in [0.2, 0.25) is 17.7 Å². The van der Waals surface area contributed by atoms with Crippen molar-refractivity contribution in [2.45, 2.75) is 26.2 Å². The van der Waals surface area contributed by atoms with Gasteiger partial charge in [0.25, 0.3) is 0 Å². The van der Waals surface area contributed by atoms with Crippen molar-refractivity contribution in [2.24, 2.45) is 12.5 Å². The number of rotatable bonds is 6. The van der Waals surface area contributed by atoms with Crippen LogP contribution in [-0.4, -0.2) is 85.8 Å². The van der Waals surface area contributed by atoms with E-state index >= 15 is 0 Å². The molecule has 3 aliphatic rings. The summed E-state index contributed by atoms with van der Waals surface area (Å²) in [6.45, 7) is 5.49. The highest BCUT2D eigenvalue weighted by Crippen LogP contribution is 2.43. The molecule has 1 N–H and O–H groups in total. The summed E-state index contributed by atoms with van der Waals surface area (Å²) in [7, 11) is 1.55. The molecule has 0 aliphatic carbocycles. The van der Waals surface area contributed by atoms with Gasteiger partial charge < -0.3 is 14.2 Å². The first-order valence-electron chi connectivity index (χ1n) is 15.8. The zero-order valence-electron chi connectivity index (χ0n) is 26.2. The second-order valence-electron chi connectivity index (χ2n) is 12.7. The monoisotopic (exact) mass is 650 g/mol. The molecule has 2 aromatic carbocycles. The summed E-state index contributed by atoms with van der Waals surface area (Å²) < 4.78 is 6.35. The topological polar surface area (TPSA) is 133 Å². The van der Waals surface area contributed by atoms with Gasteiger partial charge in [0.15, 0.2) is 0 Å². The van der Waals surface area contributed by atoms with E-state index in [0.717, 1.165) is 69.1 Å². The van der Waals surface area contributed by atoms with Gasteiger partial charge in [-0.05, 0) is 74.2 Å². The van der Waals surface area contributed by atoms with Crippen LogP contribution in [0.25, 0.3) is 38.5 Å². The van der Waals surface area contributed by atoms with Crippen molar-refractivity contribution >= 4 is 45.3 Å². The Hall–Kier alpha value is -4.88. The molecule has 0 saturated carbocycles. The van der Waals surface area contributed by atoms with Crippen LogP contribution in [0, 0.1) is 12.3 Å². The lowest BCUT2D eigenvalue weighted by atomic mass is 9.85. The highest BCUT2D eigenvalue weighted by atomic mass is 32.1. The maximum Gasteiger partial charge on any atom is 0.437 e. The quantitative estimate of drug-likeness (QED) is 0.291. The average molecular weight is 651 g/mol. The van der Waals surface area contributed by atoms with E-state index in [1.54, 1.807) is 18.4 Å². The molecule has 3 aromatic heterocycles. The minimum Gasteiger partial charge on any atom is -0.388 e. The standard InChI is InChI=1S/C34H34N8O4S/c1-21-35-18-28(47-21)30-26-17-25(7-8-27(26)36-37-30)42-16-12-34(32(42)44)11-15-40(20-34)19-29(43)41-13-9-23(10-14-41)22-3-5-24(6-4-22)31-38-39(2)33(45)46-31/h3-9,17-18H,10-16,19-20H2,1-2H3,(H,36,37)/t34-/m0/s1. The number of H-pyrrole nitrogens is 1. The first-order chi connectivity index (χ1) is 22.8. The largest absolute Gasteiger partial charge is 0.437 e. The van der Waals surface area contributed by atoms with Gasteiger partial charge in [-0.25, -0.2) is 9.78 Å². The Labute approximate surface area is 274 Å². The Bertz CT molecular complexity index is 2110. The van der Waals surface area contributed by atoms with Gasteiger partial charge in [-0.15, -0.1) is 16.4 Å². The number of amides is 2. The molecule has 0 bridgehead atoms. The second kappa shape index (κ2) is 11.4. The molecule has 47 heavy (non-hydrogen) atoms. The number of nitrogens with one attached hydrogen (secondary N) is 1. The minimum atomic E-state index is -0.495. The van der Waals surface area contributed by atoms with E-state index in [-0.39, 0.29) is 11.8 Å². The first kappa shape index (κ1) is 29.5. The van der Waals surface area contributed by atoms with E-state index < -0.39 is 11.2 Å². The van der Waals surface area contributed by atoms with Crippen molar-refractivity contribution in [2.75, 3.05) is 44.2 Å². The third kappa shape index (κ3) is 5.28. The van der Waals surface area contributed by atoms with Crippen molar-refractivity contribution in [3.8, 4) is 22.0 Å². The fraction of sp³-hybridized carbons (Fsp3) is 0.353. The molecular formula is C34H34N8O4S. The smallest absolute Gasteiger partial charge is 0.388 e. The van der Waals surface area contributed by atoms with E-state index in [2.05, 4.69) is 37.3 Å². The van der Waals surface area contributed by atoms with Crippen molar-refractivity contribution in [3.63, 3.8) is 0 Å². The van der Waals surface area contributed by atoms with Crippen molar-refractivity contribution < 1.29 is 14.0 Å². The minimum absolute atomic E-state index is 0.0939. The molecule has 3 aliphatic heterocycles. The molecular weight excluding hydrogens is 616 g/mol. The average Bonchev–Trinajstić information content (AvgIpc) is 3.92. The Kier molecular flexibility index (Phi) is 7.17. The van der Waals surface area contributed by atoms with Gasteiger partial charge in [0, 0.05) is 56.1 Å². The summed E-state index contributed by atoms with van der Waals surface area (Å²) in [5.41, 5.74) is 5.20. The SMILES string of the molecule is Cc1ncc(-c2n[nH]c3ccc(N4CC[C@]5(CCN(CC(=O)N6CC=C(c7ccc(-c8nn(C)c(=O)o8)cc7)CC6)C5)C4=O)cc23)s1. The van der Waals surface area contributed by atoms with Crippen molar-refractivity contribution in [1.29, 1.82) is 0 Å². The molecule has 13 heteroatoms. The van der Waals surface area contributed by atoms with Gasteiger partial charge in [-0.2, -0.15) is 9.78 Å². The number of hydrogen-bond acceptors (Lipinski definition) is 9. The molecule has 2 saturated heterocycles. The van der Waals surface area contributed by atoms with Crippen LogP contribution in [0.1, 0.15) is 29.8 Å². The maximum atomic E-state index is 13.9. The molecule has 2 amide bonds. The molecule has 1 atom stereocenters. The van der Waals surface area contributed by atoms with Crippen molar-refractivity contribution in [1.82, 2.24) is 34.8 Å². The molecule has 8 rings (SSSR count). The summed E-state index contributed by atoms with van der Waals surface area (Å²) in [5, 5.41) is 13.7. The number of aryl methyl sites for hydroxylation is 2. The molecule has 240 valence electrons. The molecule has 2 fully saturated rings. The Morgan fingerprint density at radius 2 is 1.87 bits per heavy atom. The Morgan fingerprint density at radius 3 is 2.60 bits per heavy atom. The molecule has 0 unspecified atom stereocenters. The third-order valence-electron chi connectivity index (χ3n) is 9.77. The highest BCUT2D eigenvalue weighted by Gasteiger charge is 2.51. The number of likely N-dealkylation sites (tertiary alicyclic amines) is 1. The van der Waals surface area contributed by atoms with E-state index in [1.165, 1.54) is 10.3 Å². The van der Waals surface area contributed by atoms with Crippen LogP contribution < -0.4 is 10.7 Å². The van der Waals surface area contributed by atoms with Crippen LogP contribution in [0.4, 0.5) is 5.69 Å². The molecule has 0 radical (unpaired) electrons. The van der Waals surface area contributed by atoms with Gasteiger partial charge in [0.05, 0.1) is 27.4 Å². The van der Waals surface area contributed by atoms with Crippen LogP contribution in [0.5, 0.6) is 0 Å². The lowest BCUT2D eigenvalue weighted by molar-refractivity contribution is -0.132. The van der Waals surface area contributed by atoms with E-state index in [0.29, 0.717) is 38.6 Å². The summed E-state index contributed by atoms with van der Waals surface area (Å²) in [6.07, 6.45) is 6.25. The third-order valence-corrected chi connectivity index (χ3v) is 10.7. The van der Waals surface area contributed by atoms with E-state index in [4.69, 9.17) is 4.42 Å². The van der Waals surface area contributed by atoms with Crippen molar-refractivity contribution in [3.05, 3.63) is 75.9 Å². The number of aromatic amines is 1. The predicted octanol–water partition coefficient (Wildman–Crippen LogP) is 4.09. The fourth-order valence-corrected chi connectivity index (χ4v) is 7.89. The molecule has 12 nitrogen and oxygen atoms in total. The van der Waals surface area contributed by atoms with E-state index in [9.17, 15) is 14.4 Å². The summed E-state index contributed by atoms with van der Waals surface area (Å²) >= 11 is 1.60. The number of carbonyl (C=O) groups is 2. The number of anilines is 1. The lowest BCUT2D eigenvalue weighted by Crippen LogP contribution is -2.43. The lowest BCUT2D eigenvalue weighted by Gasteiger charge is -2.29. The summed E-state index contributed by atoms with van der Waals surface area (Å²) in [6, 6.07) is 13.8. The fourth-order valence-electron chi connectivity index (χ4n) is 7.11. The zero-order valence-corrected chi connectivity index (χ0v) is 27.0. The molecule has 1 spiro atoms. The van der Waals surface area contributed by atoms with Gasteiger partial charge in [-0.3, -0.25) is 19.6 Å². The summed E-state index contributed by atoms with van der Waals surface area (Å²) in [4.78, 5) is 50.2. The number of fused-ring (bicyclic) bond motifs is 1. The highest BCUT2D eigenvalue weighted by molar-refractivity contribution is 7.15. The number of nitrogens with zero attached hydrogens (tertiary/aromatic N) is 7. The van der Waals surface area contributed by atoms with Crippen LogP contribution in [-0.2, 0) is 16.6 Å². The van der Waals surface area contributed by atoms with Crippen LogP contribution in [0.3, 0.4) is 0 Å². The van der Waals surface area contributed by atoms with Crippen LogP contribution in [0.15, 0.2) is 63.9 Å². The van der Waals surface area contributed by atoms with Crippen LogP contribution in [0.2, 0.25) is 0 Å². The Morgan fingerprint density at radius 1 is 1.06 bits per heavy atom. The molecule has 5 aromatic rings. The zero-order chi connectivity index (χ0) is 32.3. The maximum absolute atomic E-state index is 13.9. The predicted molar refractivity (Wildman–Crippen MR) is 179 cm³/mol. The normalized spacial score (nSPS) is 20.2. The number of benzene rings is 2. The number of thiazole rings is 1. The van der Waals surface area contributed by atoms with Gasteiger partial charge in [-0.1, -0.05) is 18.2 Å². The van der Waals surface area contributed by atoms with Crippen LogP contribution >= 0.6 is 11.3 Å². The number of aromatic nitrogens is 5. The van der Waals surface area contributed by atoms with E-state index in [1.807, 2.05) is 59.3 Å². The number of hydrogen-bond donors (Lipinski definition) is 1. The summed E-state index contributed by atoms with van der Waals surface area (Å²) in [5.74, 6) is 0.0373. The van der Waals surface area contributed by atoms with Gasteiger partial charge in [0.1, 0.15) is 5.69 Å². The molecule has 6 heterocycles. The second-order valence-corrected chi connectivity index (χ2v) is 13.9. The first-order valence-corrected chi connectivity index (χ1v) is 16.6. The Balaban J connectivity index is 0.891.